The summed E-state index contributed by atoms with van der Waals surface area (Å²) in [5.41, 5.74) is 1.67. The van der Waals surface area contributed by atoms with E-state index in [0.717, 1.165) is 21.3 Å². The topological polar surface area (TPSA) is 53.9 Å². The standard InChI is InChI=1S/C13H11BrFN3O/c14-11-6-17-18-12(11)7-16-5-10-4-8-3-9(15)1-2-13(8)19-10/h1-4,6,16H,5,7H2,(H,17,18). The second-order valence-electron chi connectivity index (χ2n) is 4.19. The molecule has 3 aromatic rings. The van der Waals surface area contributed by atoms with Crippen molar-refractivity contribution in [2.45, 2.75) is 13.1 Å². The molecule has 0 aliphatic carbocycles. The predicted molar refractivity (Wildman–Crippen MR) is 73.0 cm³/mol. The van der Waals surface area contributed by atoms with Crippen molar-refractivity contribution in [3.63, 3.8) is 0 Å². The third-order valence-corrected chi connectivity index (χ3v) is 3.48. The molecule has 0 saturated carbocycles. The molecule has 2 N–H and O–H groups in total. The van der Waals surface area contributed by atoms with E-state index >= 15 is 0 Å². The van der Waals surface area contributed by atoms with Crippen molar-refractivity contribution in [3.8, 4) is 0 Å². The first-order chi connectivity index (χ1) is 9.22. The number of hydrogen-bond acceptors (Lipinski definition) is 3. The molecule has 19 heavy (non-hydrogen) atoms. The van der Waals surface area contributed by atoms with Crippen molar-refractivity contribution in [1.29, 1.82) is 0 Å². The average molecular weight is 324 g/mol. The Kier molecular flexibility index (Phi) is 3.35. The molecule has 6 heteroatoms. The van der Waals surface area contributed by atoms with Crippen LogP contribution < -0.4 is 5.32 Å². The number of aromatic amines is 1. The fourth-order valence-electron chi connectivity index (χ4n) is 1.89. The molecule has 0 saturated heterocycles. The first-order valence-electron chi connectivity index (χ1n) is 5.79. The van der Waals surface area contributed by atoms with Crippen LogP contribution in [0.15, 0.2) is 39.4 Å². The van der Waals surface area contributed by atoms with Gasteiger partial charge in [0.15, 0.2) is 0 Å². The van der Waals surface area contributed by atoms with E-state index in [9.17, 15) is 4.39 Å². The van der Waals surface area contributed by atoms with E-state index in [1.165, 1.54) is 12.1 Å². The molecule has 98 valence electrons. The van der Waals surface area contributed by atoms with Crippen molar-refractivity contribution < 1.29 is 8.81 Å². The Hall–Kier alpha value is -1.66. The van der Waals surface area contributed by atoms with Crippen LogP contribution >= 0.6 is 15.9 Å². The third kappa shape index (κ3) is 2.69. The van der Waals surface area contributed by atoms with Gasteiger partial charge in [0.05, 0.1) is 22.9 Å². The van der Waals surface area contributed by atoms with Crippen molar-refractivity contribution in [1.82, 2.24) is 15.5 Å². The van der Waals surface area contributed by atoms with Gasteiger partial charge in [-0.2, -0.15) is 5.10 Å². The molecule has 0 unspecified atom stereocenters. The number of hydrogen-bond donors (Lipinski definition) is 2. The van der Waals surface area contributed by atoms with Crippen LogP contribution in [-0.2, 0) is 13.1 Å². The summed E-state index contributed by atoms with van der Waals surface area (Å²) in [4.78, 5) is 0. The Morgan fingerprint density at radius 1 is 1.32 bits per heavy atom. The van der Waals surface area contributed by atoms with Crippen molar-refractivity contribution in [3.05, 3.63) is 52.2 Å². The van der Waals surface area contributed by atoms with Gasteiger partial charge in [-0.05, 0) is 40.2 Å². The number of H-pyrrole nitrogens is 1. The van der Waals surface area contributed by atoms with Gasteiger partial charge >= 0.3 is 0 Å². The molecule has 0 atom stereocenters. The van der Waals surface area contributed by atoms with Crippen LogP contribution in [0.2, 0.25) is 0 Å². The van der Waals surface area contributed by atoms with Crippen LogP contribution in [0.25, 0.3) is 11.0 Å². The van der Waals surface area contributed by atoms with Gasteiger partial charge in [-0.25, -0.2) is 4.39 Å². The Morgan fingerprint density at radius 3 is 3.00 bits per heavy atom. The van der Waals surface area contributed by atoms with Gasteiger partial charge in [0.1, 0.15) is 17.2 Å². The van der Waals surface area contributed by atoms with E-state index in [1.807, 2.05) is 6.07 Å². The molecule has 0 amide bonds. The third-order valence-electron chi connectivity index (χ3n) is 2.80. The molecule has 1 aromatic carbocycles. The maximum absolute atomic E-state index is 13.1. The van der Waals surface area contributed by atoms with Gasteiger partial charge in [-0.3, -0.25) is 5.10 Å². The molecule has 3 rings (SSSR count). The molecule has 2 aromatic heterocycles. The minimum atomic E-state index is -0.255. The highest BCUT2D eigenvalue weighted by Crippen LogP contribution is 2.20. The van der Waals surface area contributed by atoms with E-state index in [2.05, 4.69) is 31.4 Å². The number of aromatic nitrogens is 2. The van der Waals surface area contributed by atoms with Crippen LogP contribution in [-0.4, -0.2) is 10.2 Å². The molecule has 2 heterocycles. The zero-order chi connectivity index (χ0) is 13.2. The number of furan rings is 1. The highest BCUT2D eigenvalue weighted by atomic mass is 79.9. The van der Waals surface area contributed by atoms with Gasteiger partial charge < -0.3 is 9.73 Å². The van der Waals surface area contributed by atoms with E-state index < -0.39 is 0 Å². The first kappa shape index (κ1) is 12.4. The summed E-state index contributed by atoms with van der Waals surface area (Å²) in [7, 11) is 0. The number of nitrogens with zero attached hydrogens (tertiary/aromatic N) is 1. The molecule has 0 fully saturated rings. The smallest absolute Gasteiger partial charge is 0.134 e. The molecular formula is C13H11BrFN3O. The summed E-state index contributed by atoms with van der Waals surface area (Å²) in [6, 6.07) is 6.34. The van der Waals surface area contributed by atoms with Gasteiger partial charge in [0.2, 0.25) is 0 Å². The Labute approximate surface area is 117 Å². The van der Waals surface area contributed by atoms with Gasteiger partial charge in [0, 0.05) is 11.9 Å². The fourth-order valence-corrected chi connectivity index (χ4v) is 2.22. The van der Waals surface area contributed by atoms with Crippen LogP contribution in [0.4, 0.5) is 4.39 Å². The minimum Gasteiger partial charge on any atom is -0.460 e. The lowest BCUT2D eigenvalue weighted by atomic mass is 10.2. The summed E-state index contributed by atoms with van der Waals surface area (Å²) in [6.07, 6.45) is 1.71. The van der Waals surface area contributed by atoms with E-state index in [1.54, 1.807) is 12.3 Å². The SMILES string of the molecule is Fc1ccc2oc(CNCc3[nH]ncc3Br)cc2c1. The van der Waals surface area contributed by atoms with Gasteiger partial charge in [-0.1, -0.05) is 0 Å². The van der Waals surface area contributed by atoms with Crippen LogP contribution in [0.1, 0.15) is 11.5 Å². The summed E-state index contributed by atoms with van der Waals surface area (Å²) in [5.74, 6) is 0.519. The fraction of sp³-hybridized carbons (Fsp3) is 0.154. The largest absolute Gasteiger partial charge is 0.460 e. The molecule has 0 bridgehead atoms. The zero-order valence-electron chi connectivity index (χ0n) is 9.91. The highest BCUT2D eigenvalue weighted by molar-refractivity contribution is 9.10. The van der Waals surface area contributed by atoms with Crippen LogP contribution in [0.5, 0.6) is 0 Å². The molecular weight excluding hydrogens is 313 g/mol. The average Bonchev–Trinajstić information content (AvgIpc) is 2.95. The Bertz CT molecular complexity index is 707. The Balaban J connectivity index is 1.67. The predicted octanol–water partition coefficient (Wildman–Crippen LogP) is 3.35. The maximum Gasteiger partial charge on any atom is 0.134 e. The van der Waals surface area contributed by atoms with Gasteiger partial charge in [-0.15, -0.1) is 0 Å². The molecule has 0 radical (unpaired) electrons. The maximum atomic E-state index is 13.1. The van der Waals surface area contributed by atoms with E-state index in [-0.39, 0.29) is 5.82 Å². The normalized spacial score (nSPS) is 11.3. The first-order valence-corrected chi connectivity index (χ1v) is 6.58. The van der Waals surface area contributed by atoms with Gasteiger partial charge in [0.25, 0.3) is 0 Å². The second kappa shape index (κ2) is 5.14. The van der Waals surface area contributed by atoms with Crippen molar-refractivity contribution in [2.75, 3.05) is 0 Å². The lowest BCUT2D eigenvalue weighted by molar-refractivity contribution is 0.511. The quantitative estimate of drug-likeness (QED) is 0.774. The molecule has 4 nitrogen and oxygen atoms in total. The molecule has 0 aliphatic heterocycles. The summed E-state index contributed by atoms with van der Waals surface area (Å²) in [6.45, 7) is 1.22. The van der Waals surface area contributed by atoms with Crippen molar-refractivity contribution >= 4 is 26.9 Å². The number of halogens is 2. The van der Waals surface area contributed by atoms with E-state index in [0.29, 0.717) is 18.7 Å². The highest BCUT2D eigenvalue weighted by Gasteiger charge is 2.06. The molecule has 0 spiro atoms. The summed E-state index contributed by atoms with van der Waals surface area (Å²) < 4.78 is 19.6. The van der Waals surface area contributed by atoms with E-state index in [4.69, 9.17) is 4.42 Å². The lowest BCUT2D eigenvalue weighted by Crippen LogP contribution is -2.12. The summed E-state index contributed by atoms with van der Waals surface area (Å²) >= 11 is 3.39. The monoisotopic (exact) mass is 323 g/mol. The minimum absolute atomic E-state index is 0.255. The number of rotatable bonds is 4. The lowest BCUT2D eigenvalue weighted by Gasteiger charge is -2.00. The second-order valence-corrected chi connectivity index (χ2v) is 5.05. The zero-order valence-corrected chi connectivity index (χ0v) is 11.5. The molecule has 0 aliphatic rings. The van der Waals surface area contributed by atoms with Crippen molar-refractivity contribution in [2.24, 2.45) is 0 Å². The number of benzene rings is 1. The number of fused-ring (bicyclic) bond motifs is 1. The van der Waals surface area contributed by atoms with Crippen LogP contribution in [0, 0.1) is 5.82 Å². The van der Waals surface area contributed by atoms with Crippen LogP contribution in [0.3, 0.4) is 0 Å². The Morgan fingerprint density at radius 2 is 2.21 bits per heavy atom. The number of nitrogens with one attached hydrogen (secondary N) is 2. The summed E-state index contributed by atoms with van der Waals surface area (Å²) in [5, 5.41) is 10.8.